The highest BCUT2D eigenvalue weighted by Crippen LogP contribution is 2.29. The largest absolute Gasteiger partial charge is 0.368 e. The van der Waals surface area contributed by atoms with Gasteiger partial charge in [0, 0.05) is 16.8 Å². The second-order valence-electron chi connectivity index (χ2n) is 3.06. The van der Waals surface area contributed by atoms with Crippen molar-refractivity contribution >= 4 is 29.0 Å². The van der Waals surface area contributed by atoms with Crippen LogP contribution >= 0.6 is 23.1 Å². The van der Waals surface area contributed by atoms with Gasteiger partial charge >= 0.3 is 0 Å². The van der Waals surface area contributed by atoms with Gasteiger partial charge < -0.3 is 5.73 Å². The maximum atomic E-state index is 5.57. The number of aromatic nitrogens is 3. The van der Waals surface area contributed by atoms with Crippen molar-refractivity contribution in [1.29, 1.82) is 0 Å². The van der Waals surface area contributed by atoms with Crippen molar-refractivity contribution in [2.75, 3.05) is 5.73 Å². The van der Waals surface area contributed by atoms with Gasteiger partial charge in [-0.05, 0) is 31.7 Å². The first-order valence-electron chi connectivity index (χ1n) is 4.34. The minimum Gasteiger partial charge on any atom is -0.368 e. The Bertz CT molecular complexity index is 460. The third kappa shape index (κ3) is 2.66. The van der Waals surface area contributed by atoms with E-state index >= 15 is 0 Å². The molecular formula is C9H10N4S2. The smallest absolute Gasteiger partial charge is 0.221 e. The Labute approximate surface area is 96.0 Å². The monoisotopic (exact) mass is 238 g/mol. The number of thiazole rings is 1. The highest BCUT2D eigenvalue weighted by molar-refractivity contribution is 8.01. The van der Waals surface area contributed by atoms with Gasteiger partial charge in [-0.1, -0.05) is 0 Å². The number of anilines is 1. The summed E-state index contributed by atoms with van der Waals surface area (Å²) in [6, 6.07) is 1.90. The van der Waals surface area contributed by atoms with Crippen molar-refractivity contribution in [1.82, 2.24) is 15.0 Å². The van der Waals surface area contributed by atoms with Crippen LogP contribution < -0.4 is 5.73 Å². The number of nitrogens with zero attached hydrogens (tertiary/aromatic N) is 3. The number of hydrogen-bond donors (Lipinski definition) is 1. The Balaban J connectivity index is 2.24. The molecule has 15 heavy (non-hydrogen) atoms. The summed E-state index contributed by atoms with van der Waals surface area (Å²) in [4.78, 5) is 12.5. The molecule has 6 heteroatoms. The Morgan fingerprint density at radius 3 is 2.60 bits per heavy atom. The molecular weight excluding hydrogens is 228 g/mol. The van der Waals surface area contributed by atoms with Crippen molar-refractivity contribution in [3.8, 4) is 0 Å². The number of aryl methyl sites for hydroxylation is 2. The summed E-state index contributed by atoms with van der Waals surface area (Å²) in [5.74, 6) is 0.311. The zero-order chi connectivity index (χ0) is 10.8. The van der Waals surface area contributed by atoms with Crippen LogP contribution in [-0.2, 0) is 0 Å². The molecule has 0 spiro atoms. The fraction of sp³-hybridized carbons (Fsp3) is 0.222. The van der Waals surface area contributed by atoms with Crippen LogP contribution in [-0.4, -0.2) is 15.0 Å². The lowest BCUT2D eigenvalue weighted by molar-refractivity contribution is 1.02. The SMILES string of the molecule is Cc1cc(Sc2nc(C)cs2)nc(N)n1. The topological polar surface area (TPSA) is 64.7 Å². The summed E-state index contributed by atoms with van der Waals surface area (Å²) in [5, 5.41) is 2.86. The van der Waals surface area contributed by atoms with Crippen molar-refractivity contribution in [3.05, 3.63) is 22.8 Å². The van der Waals surface area contributed by atoms with E-state index < -0.39 is 0 Å². The number of rotatable bonds is 2. The van der Waals surface area contributed by atoms with Gasteiger partial charge in [-0.15, -0.1) is 11.3 Å². The van der Waals surface area contributed by atoms with Crippen LogP contribution in [0.25, 0.3) is 0 Å². The lowest BCUT2D eigenvalue weighted by Gasteiger charge is -1.99. The molecule has 2 rings (SSSR count). The molecule has 0 atom stereocenters. The molecule has 0 aliphatic rings. The Kier molecular flexibility index (Phi) is 2.88. The molecule has 0 aliphatic carbocycles. The van der Waals surface area contributed by atoms with Crippen molar-refractivity contribution in [2.45, 2.75) is 23.2 Å². The highest BCUT2D eigenvalue weighted by Gasteiger charge is 2.04. The van der Waals surface area contributed by atoms with E-state index in [4.69, 9.17) is 5.73 Å². The van der Waals surface area contributed by atoms with Crippen LogP contribution in [0.5, 0.6) is 0 Å². The van der Waals surface area contributed by atoms with E-state index in [0.717, 1.165) is 20.8 Å². The molecule has 2 heterocycles. The summed E-state index contributed by atoms with van der Waals surface area (Å²) in [6.07, 6.45) is 0. The van der Waals surface area contributed by atoms with Gasteiger partial charge in [0.2, 0.25) is 5.95 Å². The molecule has 4 nitrogen and oxygen atoms in total. The van der Waals surface area contributed by atoms with Crippen LogP contribution in [0.2, 0.25) is 0 Å². The van der Waals surface area contributed by atoms with E-state index in [1.807, 2.05) is 25.3 Å². The quantitative estimate of drug-likeness (QED) is 0.813. The van der Waals surface area contributed by atoms with Gasteiger partial charge in [-0.3, -0.25) is 0 Å². The molecule has 2 aromatic rings. The van der Waals surface area contributed by atoms with Gasteiger partial charge in [0.15, 0.2) is 4.34 Å². The Morgan fingerprint density at radius 1 is 1.20 bits per heavy atom. The maximum absolute atomic E-state index is 5.57. The molecule has 0 bridgehead atoms. The zero-order valence-electron chi connectivity index (χ0n) is 8.39. The first kappa shape index (κ1) is 10.4. The van der Waals surface area contributed by atoms with Crippen LogP contribution in [0.3, 0.4) is 0 Å². The van der Waals surface area contributed by atoms with Crippen LogP contribution in [0.4, 0.5) is 5.95 Å². The Hall–Kier alpha value is -1.14. The first-order valence-corrected chi connectivity index (χ1v) is 6.04. The van der Waals surface area contributed by atoms with Crippen LogP contribution in [0.1, 0.15) is 11.4 Å². The molecule has 78 valence electrons. The third-order valence-electron chi connectivity index (χ3n) is 1.64. The molecule has 0 saturated heterocycles. The summed E-state index contributed by atoms with van der Waals surface area (Å²) in [5.41, 5.74) is 7.47. The lowest BCUT2D eigenvalue weighted by Crippen LogP contribution is -1.97. The van der Waals surface area contributed by atoms with E-state index in [1.165, 1.54) is 11.8 Å². The van der Waals surface area contributed by atoms with Crippen LogP contribution in [0.15, 0.2) is 20.8 Å². The highest BCUT2D eigenvalue weighted by atomic mass is 32.2. The predicted octanol–water partition coefficient (Wildman–Crippen LogP) is 2.28. The van der Waals surface area contributed by atoms with Gasteiger partial charge in [0.25, 0.3) is 0 Å². The molecule has 0 unspecified atom stereocenters. The zero-order valence-corrected chi connectivity index (χ0v) is 10.0. The lowest BCUT2D eigenvalue weighted by atomic mass is 10.5. The molecule has 0 fully saturated rings. The number of hydrogen-bond acceptors (Lipinski definition) is 6. The van der Waals surface area contributed by atoms with E-state index in [2.05, 4.69) is 15.0 Å². The fourth-order valence-electron chi connectivity index (χ4n) is 1.08. The maximum Gasteiger partial charge on any atom is 0.221 e. The number of nitrogens with two attached hydrogens (primary N) is 1. The van der Waals surface area contributed by atoms with Gasteiger partial charge in [-0.2, -0.15) is 0 Å². The van der Waals surface area contributed by atoms with E-state index in [9.17, 15) is 0 Å². The third-order valence-corrected chi connectivity index (χ3v) is 3.61. The van der Waals surface area contributed by atoms with Gasteiger partial charge in [0.05, 0.1) is 0 Å². The molecule has 0 aromatic carbocycles. The number of nitrogen functional groups attached to an aromatic ring is 1. The normalized spacial score (nSPS) is 10.5. The second kappa shape index (κ2) is 4.16. The minimum absolute atomic E-state index is 0.311. The van der Waals surface area contributed by atoms with E-state index in [0.29, 0.717) is 5.95 Å². The van der Waals surface area contributed by atoms with Crippen molar-refractivity contribution in [2.24, 2.45) is 0 Å². The summed E-state index contributed by atoms with van der Waals surface area (Å²) in [6.45, 7) is 3.87. The average Bonchev–Trinajstić information content (AvgIpc) is 2.49. The molecule has 0 radical (unpaired) electrons. The van der Waals surface area contributed by atoms with E-state index in [-0.39, 0.29) is 0 Å². The summed E-state index contributed by atoms with van der Waals surface area (Å²) >= 11 is 3.12. The van der Waals surface area contributed by atoms with Crippen molar-refractivity contribution < 1.29 is 0 Å². The van der Waals surface area contributed by atoms with Gasteiger partial charge in [-0.25, -0.2) is 15.0 Å². The fourth-order valence-corrected chi connectivity index (χ4v) is 2.93. The minimum atomic E-state index is 0.311. The van der Waals surface area contributed by atoms with E-state index in [1.54, 1.807) is 11.3 Å². The average molecular weight is 238 g/mol. The Morgan fingerprint density at radius 2 is 2.00 bits per heavy atom. The van der Waals surface area contributed by atoms with Gasteiger partial charge in [0.1, 0.15) is 5.03 Å². The summed E-state index contributed by atoms with van der Waals surface area (Å²) in [7, 11) is 0. The molecule has 0 saturated carbocycles. The van der Waals surface area contributed by atoms with Crippen LogP contribution in [0, 0.1) is 13.8 Å². The molecule has 0 aliphatic heterocycles. The van der Waals surface area contributed by atoms with Crippen molar-refractivity contribution in [3.63, 3.8) is 0 Å². The molecule has 2 aromatic heterocycles. The summed E-state index contributed by atoms with van der Waals surface area (Å²) < 4.78 is 0.977. The molecule has 0 amide bonds. The predicted molar refractivity (Wildman–Crippen MR) is 62.2 cm³/mol. The standard InChI is InChI=1S/C9H10N4S2/c1-5-3-7(13-8(10)11-5)15-9-12-6(2)4-14-9/h3-4H,1-2H3,(H2,10,11,13). The first-order chi connectivity index (χ1) is 7.13. The molecule has 2 N–H and O–H groups in total. The second-order valence-corrected chi connectivity index (χ2v) is 5.19.